The molecule has 2 rings (SSSR count). The molecule has 1 aliphatic heterocycles. The van der Waals surface area contributed by atoms with E-state index in [1.165, 1.54) is 6.07 Å². The molecule has 0 atom stereocenters. The van der Waals surface area contributed by atoms with Crippen molar-refractivity contribution in [3.8, 4) is 5.75 Å². The van der Waals surface area contributed by atoms with Gasteiger partial charge in [-0.15, -0.1) is 0 Å². The summed E-state index contributed by atoms with van der Waals surface area (Å²) in [5.74, 6) is -0.0503. The average molecular weight is 271 g/mol. The summed E-state index contributed by atoms with van der Waals surface area (Å²) in [4.78, 5) is 0. The first-order chi connectivity index (χ1) is 8.49. The summed E-state index contributed by atoms with van der Waals surface area (Å²) in [5.41, 5.74) is 1.11. The van der Waals surface area contributed by atoms with E-state index in [0.717, 1.165) is 5.56 Å². The van der Waals surface area contributed by atoms with Gasteiger partial charge >= 0.3 is 0 Å². The van der Waals surface area contributed by atoms with Crippen LogP contribution in [-0.2, 0) is 14.8 Å². The molecule has 1 aliphatic rings. The monoisotopic (exact) mass is 271 g/mol. The van der Waals surface area contributed by atoms with Gasteiger partial charge < -0.3 is 9.84 Å². The molecule has 1 heterocycles. The third kappa shape index (κ3) is 2.94. The van der Waals surface area contributed by atoms with Gasteiger partial charge in [0.15, 0.2) is 0 Å². The minimum Gasteiger partial charge on any atom is -0.506 e. The zero-order valence-corrected chi connectivity index (χ0v) is 11.0. The Morgan fingerprint density at radius 3 is 2.61 bits per heavy atom. The molecular formula is C12H17NO4S. The lowest BCUT2D eigenvalue weighted by Crippen LogP contribution is -2.33. The number of phenols is 1. The van der Waals surface area contributed by atoms with Crippen molar-refractivity contribution in [2.45, 2.75) is 25.0 Å². The van der Waals surface area contributed by atoms with Crippen LogP contribution in [0.15, 0.2) is 18.2 Å². The molecule has 1 fully saturated rings. The third-order valence-corrected chi connectivity index (χ3v) is 4.87. The first kappa shape index (κ1) is 13.2. The van der Waals surface area contributed by atoms with Gasteiger partial charge in [-0.2, -0.15) is 0 Å². The van der Waals surface area contributed by atoms with Crippen LogP contribution in [0.3, 0.4) is 0 Å². The quantitative estimate of drug-likeness (QED) is 0.819. The summed E-state index contributed by atoms with van der Waals surface area (Å²) in [6.45, 7) is 2.76. The van der Waals surface area contributed by atoms with Crippen LogP contribution in [0.5, 0.6) is 5.75 Å². The van der Waals surface area contributed by atoms with Gasteiger partial charge in [0.05, 0.1) is 10.9 Å². The molecule has 0 amide bonds. The van der Waals surface area contributed by atoms with Crippen LogP contribution in [0.25, 0.3) is 0 Å². The Labute approximate surface area is 107 Å². The molecule has 0 spiro atoms. The van der Waals surface area contributed by atoms with Crippen molar-refractivity contribution in [2.75, 3.05) is 17.9 Å². The number of rotatable bonds is 3. The minimum absolute atomic E-state index is 0.0503. The van der Waals surface area contributed by atoms with Crippen molar-refractivity contribution in [1.29, 1.82) is 0 Å². The lowest BCUT2D eigenvalue weighted by Gasteiger charge is -2.23. The first-order valence-corrected chi connectivity index (χ1v) is 7.42. The highest BCUT2D eigenvalue weighted by Gasteiger charge is 2.28. The third-order valence-electron chi connectivity index (χ3n) is 3.01. The van der Waals surface area contributed by atoms with Gasteiger partial charge in [0, 0.05) is 13.2 Å². The molecule has 0 aliphatic carbocycles. The number of aromatic hydroxyl groups is 1. The second kappa shape index (κ2) is 5.16. The van der Waals surface area contributed by atoms with E-state index in [2.05, 4.69) is 4.72 Å². The molecule has 0 unspecified atom stereocenters. The van der Waals surface area contributed by atoms with Gasteiger partial charge in [0.2, 0.25) is 10.0 Å². The molecule has 0 saturated carbocycles. The van der Waals surface area contributed by atoms with Gasteiger partial charge in [-0.3, -0.25) is 4.72 Å². The summed E-state index contributed by atoms with van der Waals surface area (Å²) in [7, 11) is -3.46. The van der Waals surface area contributed by atoms with E-state index in [0.29, 0.717) is 26.1 Å². The molecular weight excluding hydrogens is 254 g/mol. The molecule has 0 aromatic heterocycles. The first-order valence-electron chi connectivity index (χ1n) is 5.88. The zero-order valence-electron chi connectivity index (χ0n) is 10.2. The predicted molar refractivity (Wildman–Crippen MR) is 69.2 cm³/mol. The minimum atomic E-state index is -3.46. The Hall–Kier alpha value is -1.27. The van der Waals surface area contributed by atoms with E-state index in [9.17, 15) is 13.5 Å². The summed E-state index contributed by atoms with van der Waals surface area (Å²) in [6.07, 6.45) is 0.976. The van der Waals surface area contributed by atoms with Crippen LogP contribution >= 0.6 is 0 Å². The van der Waals surface area contributed by atoms with Crippen molar-refractivity contribution < 1.29 is 18.3 Å². The molecule has 0 radical (unpaired) electrons. The fourth-order valence-corrected chi connectivity index (χ4v) is 3.41. The maximum absolute atomic E-state index is 12.1. The number of aryl methyl sites for hydroxylation is 1. The van der Waals surface area contributed by atoms with E-state index in [1.54, 1.807) is 12.1 Å². The van der Waals surface area contributed by atoms with Crippen molar-refractivity contribution in [1.82, 2.24) is 0 Å². The molecule has 1 saturated heterocycles. The fraction of sp³-hybridized carbons (Fsp3) is 0.500. The average Bonchev–Trinajstić information content (AvgIpc) is 2.34. The van der Waals surface area contributed by atoms with Gasteiger partial charge in [-0.25, -0.2) is 8.42 Å². The topological polar surface area (TPSA) is 75.6 Å². The molecule has 2 N–H and O–H groups in total. The van der Waals surface area contributed by atoms with E-state index in [4.69, 9.17) is 4.74 Å². The lowest BCUT2D eigenvalue weighted by molar-refractivity contribution is 0.0984. The summed E-state index contributed by atoms with van der Waals surface area (Å²) < 4.78 is 31.8. The van der Waals surface area contributed by atoms with Crippen LogP contribution in [0.4, 0.5) is 5.69 Å². The number of anilines is 1. The Morgan fingerprint density at radius 2 is 2.00 bits per heavy atom. The number of nitrogens with one attached hydrogen (secondary N) is 1. The normalized spacial score (nSPS) is 17.6. The van der Waals surface area contributed by atoms with E-state index in [-0.39, 0.29) is 11.4 Å². The maximum atomic E-state index is 12.1. The van der Waals surface area contributed by atoms with Crippen LogP contribution in [-0.4, -0.2) is 32.0 Å². The standard InChI is InChI=1S/C12H17NO4S/c1-9-2-3-11(12(14)8-9)13-18(15,16)10-4-6-17-7-5-10/h2-3,8,10,13-14H,4-7H2,1H3. The highest BCUT2D eigenvalue weighted by atomic mass is 32.2. The van der Waals surface area contributed by atoms with Crippen LogP contribution in [0.1, 0.15) is 18.4 Å². The smallest absolute Gasteiger partial charge is 0.235 e. The second-order valence-electron chi connectivity index (χ2n) is 4.48. The Bertz CT molecular complexity index is 521. The number of benzene rings is 1. The Morgan fingerprint density at radius 1 is 1.33 bits per heavy atom. The van der Waals surface area contributed by atoms with Gasteiger partial charge in [0.1, 0.15) is 5.75 Å². The number of sulfonamides is 1. The SMILES string of the molecule is Cc1ccc(NS(=O)(=O)C2CCOCC2)c(O)c1. The lowest BCUT2D eigenvalue weighted by atomic mass is 10.2. The fourth-order valence-electron chi connectivity index (χ4n) is 1.95. The van der Waals surface area contributed by atoms with Gasteiger partial charge in [0.25, 0.3) is 0 Å². The van der Waals surface area contributed by atoms with Crippen molar-refractivity contribution in [3.63, 3.8) is 0 Å². The van der Waals surface area contributed by atoms with Gasteiger partial charge in [-0.1, -0.05) is 6.07 Å². The summed E-state index contributed by atoms with van der Waals surface area (Å²) in [6, 6.07) is 4.85. The molecule has 1 aromatic rings. The van der Waals surface area contributed by atoms with Crippen LogP contribution < -0.4 is 4.72 Å². The molecule has 0 bridgehead atoms. The summed E-state index contributed by atoms with van der Waals surface area (Å²) >= 11 is 0. The second-order valence-corrected chi connectivity index (χ2v) is 6.44. The van der Waals surface area contributed by atoms with Crippen molar-refractivity contribution in [2.24, 2.45) is 0 Å². The van der Waals surface area contributed by atoms with E-state index in [1.807, 2.05) is 6.92 Å². The van der Waals surface area contributed by atoms with E-state index >= 15 is 0 Å². The predicted octanol–water partition coefficient (Wildman–Crippen LogP) is 1.62. The maximum Gasteiger partial charge on any atom is 0.235 e. The molecule has 18 heavy (non-hydrogen) atoms. The van der Waals surface area contributed by atoms with Crippen molar-refractivity contribution >= 4 is 15.7 Å². The van der Waals surface area contributed by atoms with Crippen LogP contribution in [0.2, 0.25) is 0 Å². The van der Waals surface area contributed by atoms with Crippen molar-refractivity contribution in [3.05, 3.63) is 23.8 Å². The molecule has 6 heteroatoms. The highest BCUT2D eigenvalue weighted by Crippen LogP contribution is 2.27. The number of ether oxygens (including phenoxy) is 1. The van der Waals surface area contributed by atoms with Crippen LogP contribution in [0, 0.1) is 6.92 Å². The Kier molecular flexibility index (Phi) is 3.77. The molecule has 5 nitrogen and oxygen atoms in total. The number of hydrogen-bond donors (Lipinski definition) is 2. The number of hydrogen-bond acceptors (Lipinski definition) is 4. The highest BCUT2D eigenvalue weighted by molar-refractivity contribution is 7.93. The zero-order chi connectivity index (χ0) is 13.2. The van der Waals surface area contributed by atoms with Gasteiger partial charge in [-0.05, 0) is 37.5 Å². The molecule has 1 aromatic carbocycles. The Balaban J connectivity index is 2.16. The number of phenolic OH excluding ortho intramolecular Hbond substituents is 1. The van der Waals surface area contributed by atoms with E-state index < -0.39 is 15.3 Å². The molecule has 100 valence electrons. The summed E-state index contributed by atoms with van der Waals surface area (Å²) in [5, 5.41) is 9.25. The largest absolute Gasteiger partial charge is 0.506 e.